The third-order valence-corrected chi connectivity index (χ3v) is 10.8. The molecule has 0 bridgehead atoms. The third kappa shape index (κ3) is 4.97. The van der Waals surface area contributed by atoms with Gasteiger partial charge in [-0.2, -0.15) is 15.8 Å². The van der Waals surface area contributed by atoms with Crippen molar-refractivity contribution in [2.75, 3.05) is 0 Å². The highest BCUT2D eigenvalue weighted by Crippen LogP contribution is 2.42. The molecule has 0 aliphatic rings. The average Bonchev–Trinajstić information content (AvgIpc) is 3.78. The maximum atomic E-state index is 10.2. The first kappa shape index (κ1) is 32.4. The molecule has 10 rings (SSSR count). The van der Waals surface area contributed by atoms with Crippen molar-refractivity contribution in [3.05, 3.63) is 187 Å². The van der Waals surface area contributed by atoms with Gasteiger partial charge in [-0.05, 0) is 95.1 Å². The zero-order valence-electron chi connectivity index (χ0n) is 29.8. The Morgan fingerprint density at radius 2 is 0.911 bits per heavy atom. The predicted octanol–water partition coefficient (Wildman–Crippen LogP) is 11.9. The third-order valence-electron chi connectivity index (χ3n) is 10.8. The molecule has 0 saturated carbocycles. The first-order chi connectivity index (χ1) is 27.7. The first-order valence-electron chi connectivity index (χ1n) is 18.2. The van der Waals surface area contributed by atoms with Gasteiger partial charge < -0.3 is 9.13 Å². The molecule has 0 atom stereocenters. The van der Waals surface area contributed by atoms with Gasteiger partial charge in [-0.3, -0.25) is 4.98 Å². The van der Waals surface area contributed by atoms with Gasteiger partial charge in [-0.25, -0.2) is 0 Å². The monoisotopic (exact) mass is 712 g/mol. The second kappa shape index (κ2) is 13.0. The lowest BCUT2D eigenvalue weighted by atomic mass is 9.98. The van der Waals surface area contributed by atoms with E-state index < -0.39 is 0 Å². The molecule has 6 heteroatoms. The lowest BCUT2D eigenvalue weighted by Crippen LogP contribution is -2.02. The molecule has 56 heavy (non-hydrogen) atoms. The molecule has 3 aromatic heterocycles. The number of hydrogen-bond donors (Lipinski definition) is 0. The van der Waals surface area contributed by atoms with Crippen LogP contribution in [0.4, 0.5) is 0 Å². The largest absolute Gasteiger partial charge is 0.309 e. The van der Waals surface area contributed by atoms with E-state index in [9.17, 15) is 15.8 Å². The summed E-state index contributed by atoms with van der Waals surface area (Å²) in [5.41, 5.74) is 13.2. The van der Waals surface area contributed by atoms with Gasteiger partial charge in [0.15, 0.2) is 0 Å². The summed E-state index contributed by atoms with van der Waals surface area (Å²) in [5, 5.41) is 34.3. The van der Waals surface area contributed by atoms with Crippen LogP contribution in [0.25, 0.3) is 88.4 Å². The molecule has 258 valence electrons. The normalized spacial score (nSPS) is 11.2. The smallest absolute Gasteiger partial charge is 0.0998 e. The predicted molar refractivity (Wildman–Crippen MR) is 223 cm³/mol. The number of nitrogens with zero attached hydrogens (tertiary/aromatic N) is 6. The van der Waals surface area contributed by atoms with Gasteiger partial charge in [0.25, 0.3) is 0 Å². The fraction of sp³-hybridized carbons (Fsp3) is 0. The Morgan fingerprint density at radius 3 is 1.48 bits per heavy atom. The maximum Gasteiger partial charge on any atom is 0.0998 e. The molecule has 6 nitrogen and oxygen atoms in total. The molecule has 0 aliphatic heterocycles. The van der Waals surface area contributed by atoms with Crippen LogP contribution in [-0.4, -0.2) is 14.1 Å². The zero-order valence-corrected chi connectivity index (χ0v) is 29.8. The quantitative estimate of drug-likeness (QED) is 0.177. The number of benzene rings is 7. The summed E-state index contributed by atoms with van der Waals surface area (Å²) >= 11 is 0. The molecule has 0 fully saturated rings. The van der Waals surface area contributed by atoms with Crippen LogP contribution in [0.2, 0.25) is 0 Å². The van der Waals surface area contributed by atoms with Gasteiger partial charge in [0, 0.05) is 38.9 Å². The molecule has 0 spiro atoms. The minimum atomic E-state index is 0.547. The van der Waals surface area contributed by atoms with Crippen molar-refractivity contribution in [3.8, 4) is 63.0 Å². The van der Waals surface area contributed by atoms with E-state index in [1.54, 1.807) is 6.20 Å². The van der Waals surface area contributed by atoms with Gasteiger partial charge in [-0.1, -0.05) is 84.9 Å². The van der Waals surface area contributed by atoms with Gasteiger partial charge in [0.2, 0.25) is 0 Å². The first-order valence-corrected chi connectivity index (χ1v) is 18.2. The lowest BCUT2D eigenvalue weighted by Gasteiger charge is -2.18. The van der Waals surface area contributed by atoms with Crippen LogP contribution in [0.1, 0.15) is 16.7 Å². The summed E-state index contributed by atoms with van der Waals surface area (Å²) in [7, 11) is 0. The van der Waals surface area contributed by atoms with Crippen LogP contribution in [-0.2, 0) is 0 Å². The molecule has 3 heterocycles. The molecule has 0 N–H and O–H groups in total. The molecule has 0 aliphatic carbocycles. The van der Waals surface area contributed by atoms with Crippen LogP contribution >= 0.6 is 0 Å². The summed E-state index contributed by atoms with van der Waals surface area (Å²) in [6.07, 6.45) is 3.70. The van der Waals surface area contributed by atoms with E-state index in [1.165, 1.54) is 0 Å². The number of para-hydroxylation sites is 2. The van der Waals surface area contributed by atoms with E-state index in [-0.39, 0.29) is 0 Å². The number of nitriles is 3. The standard InChI is InChI=1S/C50H28N6/c51-28-32-17-20-47(55-45-15-7-5-13-39(45)43-26-33(18-21-48(43)55)37-11-3-1-9-35(37)29-52)42(25-32)41-23-24-54-31-50(41)56-46-16-8-6-14-40(46)44-27-34(19-22-49(44)56)38-12-4-2-10-36(38)30-53/h1-27,31H. The summed E-state index contributed by atoms with van der Waals surface area (Å²) in [6.45, 7) is 0. The molecule has 0 unspecified atom stereocenters. The van der Waals surface area contributed by atoms with Crippen molar-refractivity contribution in [2.24, 2.45) is 0 Å². The fourth-order valence-corrected chi connectivity index (χ4v) is 8.27. The van der Waals surface area contributed by atoms with Crippen molar-refractivity contribution >= 4 is 43.6 Å². The molecular weight excluding hydrogens is 685 g/mol. The van der Waals surface area contributed by atoms with E-state index in [0.29, 0.717) is 16.7 Å². The summed E-state index contributed by atoms with van der Waals surface area (Å²) in [5.74, 6) is 0. The van der Waals surface area contributed by atoms with Crippen LogP contribution in [0, 0.1) is 34.0 Å². The Morgan fingerprint density at radius 1 is 0.393 bits per heavy atom. The van der Waals surface area contributed by atoms with Gasteiger partial charge in [0.1, 0.15) is 0 Å². The molecule has 0 radical (unpaired) electrons. The maximum absolute atomic E-state index is 10.2. The Bertz CT molecular complexity index is 3360. The van der Waals surface area contributed by atoms with Crippen LogP contribution < -0.4 is 0 Å². The average molecular weight is 713 g/mol. The van der Waals surface area contributed by atoms with Crippen molar-refractivity contribution in [1.29, 1.82) is 15.8 Å². The minimum absolute atomic E-state index is 0.547. The number of rotatable bonds is 5. The van der Waals surface area contributed by atoms with Gasteiger partial charge in [-0.15, -0.1) is 0 Å². The summed E-state index contributed by atoms with van der Waals surface area (Å²) < 4.78 is 4.52. The molecule has 0 saturated heterocycles. The summed E-state index contributed by atoms with van der Waals surface area (Å²) in [4.78, 5) is 4.66. The fourth-order valence-electron chi connectivity index (χ4n) is 8.27. The van der Waals surface area contributed by atoms with Crippen LogP contribution in [0.3, 0.4) is 0 Å². The Kier molecular flexibility index (Phi) is 7.53. The SMILES string of the molecule is N#Cc1ccc(-n2c3ccccc3c3cc(-c4ccccc4C#N)ccc32)c(-c2ccncc2-n2c3ccccc3c3cc(-c4ccccc4C#N)ccc32)c1. The van der Waals surface area contributed by atoms with Crippen molar-refractivity contribution in [1.82, 2.24) is 14.1 Å². The number of fused-ring (bicyclic) bond motifs is 6. The Hall–Kier alpha value is -8.24. The van der Waals surface area contributed by atoms with E-state index in [0.717, 1.165) is 88.4 Å². The molecule has 7 aromatic carbocycles. The topological polar surface area (TPSA) is 94.1 Å². The van der Waals surface area contributed by atoms with Crippen molar-refractivity contribution < 1.29 is 0 Å². The Balaban J connectivity index is 1.23. The van der Waals surface area contributed by atoms with E-state index in [1.807, 2.05) is 97.2 Å². The van der Waals surface area contributed by atoms with E-state index in [2.05, 4.69) is 99.1 Å². The number of aromatic nitrogens is 3. The number of pyridine rings is 1. The summed E-state index contributed by atoms with van der Waals surface area (Å²) in [6, 6.07) is 59.8. The highest BCUT2D eigenvalue weighted by molar-refractivity contribution is 6.13. The van der Waals surface area contributed by atoms with Crippen LogP contribution in [0.15, 0.2) is 170 Å². The molecule has 0 amide bonds. The van der Waals surface area contributed by atoms with Crippen molar-refractivity contribution in [2.45, 2.75) is 0 Å². The second-order valence-corrected chi connectivity index (χ2v) is 13.7. The van der Waals surface area contributed by atoms with Gasteiger partial charge >= 0.3 is 0 Å². The minimum Gasteiger partial charge on any atom is -0.309 e. The molecular formula is C50H28N6. The Labute approximate surface area is 322 Å². The highest BCUT2D eigenvalue weighted by atomic mass is 15.0. The number of hydrogen-bond acceptors (Lipinski definition) is 4. The molecule has 10 aromatic rings. The zero-order chi connectivity index (χ0) is 37.8. The van der Waals surface area contributed by atoms with E-state index in [4.69, 9.17) is 0 Å². The van der Waals surface area contributed by atoms with Crippen LogP contribution in [0.5, 0.6) is 0 Å². The highest BCUT2D eigenvalue weighted by Gasteiger charge is 2.22. The van der Waals surface area contributed by atoms with E-state index >= 15 is 0 Å². The van der Waals surface area contributed by atoms with Crippen molar-refractivity contribution in [3.63, 3.8) is 0 Å². The lowest BCUT2D eigenvalue weighted by molar-refractivity contribution is 1.13. The van der Waals surface area contributed by atoms with Gasteiger partial charge in [0.05, 0.1) is 74.5 Å². The second-order valence-electron chi connectivity index (χ2n) is 13.7.